The Morgan fingerprint density at radius 3 is 2.56 bits per heavy atom. The molecule has 0 aliphatic carbocycles. The fraction of sp³-hybridized carbons (Fsp3) is 0.333. The molecule has 3 nitrogen and oxygen atoms in total. The maximum absolute atomic E-state index is 4.26. The molecule has 0 unspecified atom stereocenters. The molecule has 1 aromatic heterocycles. The minimum atomic E-state index is 0.743. The predicted octanol–water partition coefficient (Wildman–Crippen LogP) is 3.25. The lowest BCUT2D eigenvalue weighted by Crippen LogP contribution is -2.03. The number of aromatic nitrogens is 3. The zero-order chi connectivity index (χ0) is 11.4. The highest BCUT2D eigenvalue weighted by Crippen LogP contribution is 2.19. The molecule has 1 aromatic carbocycles. The number of hydrogen-bond acceptors (Lipinski definition) is 2. The average Bonchev–Trinajstić information content (AvgIpc) is 2.74. The summed E-state index contributed by atoms with van der Waals surface area (Å²) in [6, 6.07) is 10.2. The fourth-order valence-electron chi connectivity index (χ4n) is 1.69. The van der Waals surface area contributed by atoms with Gasteiger partial charge in [-0.25, -0.2) is 0 Å². The van der Waals surface area contributed by atoms with Crippen molar-refractivity contribution in [2.24, 2.45) is 0 Å². The number of rotatable bonds is 4. The minimum absolute atomic E-state index is 0.743. The molecule has 0 radical (unpaired) electrons. The van der Waals surface area contributed by atoms with Gasteiger partial charge >= 0.3 is 0 Å². The van der Waals surface area contributed by atoms with Gasteiger partial charge in [0.1, 0.15) is 5.82 Å². The third kappa shape index (κ3) is 2.16. The van der Waals surface area contributed by atoms with E-state index in [1.54, 1.807) is 0 Å². The molecule has 84 valence electrons. The van der Waals surface area contributed by atoms with Crippen LogP contribution in [0, 0.1) is 0 Å². The molecule has 0 fully saturated rings. The van der Waals surface area contributed by atoms with Gasteiger partial charge in [-0.1, -0.05) is 53.2 Å². The largest absolute Gasteiger partial charge is 0.310 e. The molecule has 16 heavy (non-hydrogen) atoms. The molecular formula is C12H14BrN3. The van der Waals surface area contributed by atoms with Crippen LogP contribution in [-0.2, 0) is 11.9 Å². The van der Waals surface area contributed by atoms with Crippen LogP contribution in [-0.4, -0.2) is 14.8 Å². The van der Waals surface area contributed by atoms with Crippen molar-refractivity contribution >= 4 is 15.9 Å². The van der Waals surface area contributed by atoms with Gasteiger partial charge in [0.05, 0.1) is 5.33 Å². The van der Waals surface area contributed by atoms with Crippen LogP contribution in [0.5, 0.6) is 0 Å². The maximum atomic E-state index is 4.26. The van der Waals surface area contributed by atoms with Crippen molar-refractivity contribution in [3.05, 3.63) is 36.2 Å². The van der Waals surface area contributed by atoms with E-state index in [9.17, 15) is 0 Å². The van der Waals surface area contributed by atoms with Crippen LogP contribution in [0.15, 0.2) is 30.3 Å². The highest BCUT2D eigenvalue weighted by molar-refractivity contribution is 9.08. The number of nitrogens with zero attached hydrogens (tertiary/aromatic N) is 3. The topological polar surface area (TPSA) is 30.7 Å². The van der Waals surface area contributed by atoms with Crippen LogP contribution in [0.4, 0.5) is 0 Å². The van der Waals surface area contributed by atoms with Gasteiger partial charge in [-0.2, -0.15) is 0 Å². The Labute approximate surface area is 104 Å². The predicted molar refractivity (Wildman–Crippen MR) is 68.4 cm³/mol. The van der Waals surface area contributed by atoms with E-state index in [-0.39, 0.29) is 0 Å². The first-order chi connectivity index (χ1) is 7.86. The monoisotopic (exact) mass is 279 g/mol. The van der Waals surface area contributed by atoms with Crippen molar-refractivity contribution in [2.75, 3.05) is 0 Å². The van der Waals surface area contributed by atoms with Gasteiger partial charge in [0.25, 0.3) is 0 Å². The lowest BCUT2D eigenvalue weighted by Gasteiger charge is -2.07. The quantitative estimate of drug-likeness (QED) is 0.805. The molecule has 0 spiro atoms. The number of benzene rings is 1. The zero-order valence-corrected chi connectivity index (χ0v) is 10.8. The van der Waals surface area contributed by atoms with Crippen LogP contribution in [0.1, 0.15) is 19.2 Å². The van der Waals surface area contributed by atoms with Gasteiger partial charge in [0, 0.05) is 12.1 Å². The first-order valence-electron chi connectivity index (χ1n) is 5.40. The van der Waals surface area contributed by atoms with Crippen LogP contribution in [0.25, 0.3) is 11.4 Å². The molecule has 0 atom stereocenters. The molecule has 2 aromatic rings. The highest BCUT2D eigenvalue weighted by Gasteiger charge is 2.11. The second kappa shape index (κ2) is 5.25. The lowest BCUT2D eigenvalue weighted by molar-refractivity contribution is 0.661. The number of hydrogen-bond donors (Lipinski definition) is 0. The van der Waals surface area contributed by atoms with E-state index in [1.807, 2.05) is 18.2 Å². The summed E-state index contributed by atoms with van der Waals surface area (Å²) < 4.78 is 2.17. The fourth-order valence-corrected chi connectivity index (χ4v) is 2.11. The average molecular weight is 280 g/mol. The molecule has 0 saturated heterocycles. The Kier molecular flexibility index (Phi) is 3.72. The first-order valence-corrected chi connectivity index (χ1v) is 6.52. The number of halogens is 1. The second-order valence-corrected chi connectivity index (χ2v) is 4.15. The third-order valence-corrected chi connectivity index (χ3v) is 2.93. The van der Waals surface area contributed by atoms with Crippen LogP contribution < -0.4 is 0 Å². The van der Waals surface area contributed by atoms with Crippen LogP contribution in [0.3, 0.4) is 0 Å². The Bertz CT molecular complexity index is 451. The van der Waals surface area contributed by atoms with E-state index in [1.165, 1.54) is 0 Å². The Balaban J connectivity index is 2.44. The van der Waals surface area contributed by atoms with E-state index in [4.69, 9.17) is 0 Å². The SMILES string of the molecule is CCCn1c(CBr)nnc1-c1ccccc1. The Hall–Kier alpha value is -1.16. The van der Waals surface area contributed by atoms with E-state index >= 15 is 0 Å². The maximum Gasteiger partial charge on any atom is 0.163 e. The molecule has 0 amide bonds. The second-order valence-electron chi connectivity index (χ2n) is 3.59. The third-order valence-electron chi connectivity index (χ3n) is 2.43. The molecule has 0 aliphatic heterocycles. The van der Waals surface area contributed by atoms with E-state index in [2.05, 4.69) is 49.8 Å². The normalized spacial score (nSPS) is 10.6. The molecule has 1 heterocycles. The van der Waals surface area contributed by atoms with Crippen molar-refractivity contribution in [2.45, 2.75) is 25.2 Å². The molecule has 0 aliphatic rings. The summed E-state index contributed by atoms with van der Waals surface area (Å²) in [4.78, 5) is 0. The van der Waals surface area contributed by atoms with Crippen LogP contribution >= 0.6 is 15.9 Å². The Morgan fingerprint density at radius 2 is 1.94 bits per heavy atom. The van der Waals surface area contributed by atoms with Gasteiger partial charge in [0.15, 0.2) is 5.82 Å². The standard InChI is InChI=1S/C12H14BrN3/c1-2-8-16-11(9-13)14-15-12(16)10-6-4-3-5-7-10/h3-7H,2,8-9H2,1H3. The Morgan fingerprint density at radius 1 is 1.19 bits per heavy atom. The molecular weight excluding hydrogens is 266 g/mol. The summed E-state index contributed by atoms with van der Waals surface area (Å²) >= 11 is 3.44. The van der Waals surface area contributed by atoms with Gasteiger partial charge in [-0.05, 0) is 6.42 Å². The van der Waals surface area contributed by atoms with Crippen molar-refractivity contribution in [3.63, 3.8) is 0 Å². The molecule has 0 bridgehead atoms. The molecule has 2 rings (SSSR count). The summed E-state index contributed by atoms with van der Waals surface area (Å²) in [7, 11) is 0. The van der Waals surface area contributed by atoms with Gasteiger partial charge in [0.2, 0.25) is 0 Å². The molecule has 4 heteroatoms. The minimum Gasteiger partial charge on any atom is -0.310 e. The lowest BCUT2D eigenvalue weighted by atomic mass is 10.2. The zero-order valence-electron chi connectivity index (χ0n) is 9.23. The highest BCUT2D eigenvalue weighted by atomic mass is 79.9. The summed E-state index contributed by atoms with van der Waals surface area (Å²) in [5.74, 6) is 1.94. The summed E-state index contributed by atoms with van der Waals surface area (Å²) in [6.45, 7) is 3.12. The summed E-state index contributed by atoms with van der Waals surface area (Å²) in [5.41, 5.74) is 1.12. The van der Waals surface area contributed by atoms with E-state index in [0.717, 1.165) is 35.5 Å². The van der Waals surface area contributed by atoms with Crippen molar-refractivity contribution in [3.8, 4) is 11.4 Å². The number of alkyl halides is 1. The van der Waals surface area contributed by atoms with Gasteiger partial charge in [-0.15, -0.1) is 10.2 Å². The smallest absolute Gasteiger partial charge is 0.163 e. The van der Waals surface area contributed by atoms with E-state index in [0.29, 0.717) is 0 Å². The van der Waals surface area contributed by atoms with Gasteiger partial charge < -0.3 is 4.57 Å². The first kappa shape index (κ1) is 11.3. The van der Waals surface area contributed by atoms with Crippen molar-refractivity contribution in [1.29, 1.82) is 0 Å². The van der Waals surface area contributed by atoms with Crippen LogP contribution in [0.2, 0.25) is 0 Å². The van der Waals surface area contributed by atoms with Gasteiger partial charge in [-0.3, -0.25) is 0 Å². The molecule has 0 saturated carbocycles. The molecule has 0 N–H and O–H groups in total. The van der Waals surface area contributed by atoms with Crippen molar-refractivity contribution < 1.29 is 0 Å². The van der Waals surface area contributed by atoms with E-state index < -0.39 is 0 Å². The van der Waals surface area contributed by atoms with Crippen molar-refractivity contribution in [1.82, 2.24) is 14.8 Å². The summed E-state index contributed by atoms with van der Waals surface area (Å²) in [6.07, 6.45) is 1.08. The summed E-state index contributed by atoms with van der Waals surface area (Å²) in [5, 5.41) is 9.20.